The average Bonchev–Trinajstić information content (AvgIpc) is 2.41. The summed E-state index contributed by atoms with van der Waals surface area (Å²) in [5.41, 5.74) is 1.55. The van der Waals surface area contributed by atoms with Crippen LogP contribution < -0.4 is 5.56 Å². The van der Waals surface area contributed by atoms with Crippen molar-refractivity contribution >= 4 is 16.8 Å². The second-order valence-electron chi connectivity index (χ2n) is 5.94. The Kier molecular flexibility index (Phi) is 5.03. The lowest BCUT2D eigenvalue weighted by molar-refractivity contribution is -0.111. The molecule has 1 heterocycles. The van der Waals surface area contributed by atoms with Crippen molar-refractivity contribution in [3.8, 4) is 0 Å². The fraction of sp³-hybridized carbons (Fsp3) is 0.625. The van der Waals surface area contributed by atoms with Crippen LogP contribution in [0.25, 0.3) is 0 Å². The van der Waals surface area contributed by atoms with Crippen molar-refractivity contribution in [3.05, 3.63) is 33.7 Å². The SMILES string of the molecule is CC(C)c1ccc(CC(=O)Cl)c(=O)n1C1CCCCC1. The molecule has 1 aliphatic carbocycles. The summed E-state index contributed by atoms with van der Waals surface area (Å²) in [4.78, 5) is 23.8. The molecule has 0 aromatic carbocycles. The zero-order valence-electron chi connectivity index (χ0n) is 12.2. The lowest BCUT2D eigenvalue weighted by atomic mass is 9.93. The second kappa shape index (κ2) is 6.57. The van der Waals surface area contributed by atoms with Gasteiger partial charge in [-0.05, 0) is 36.4 Å². The van der Waals surface area contributed by atoms with Crippen LogP contribution in [-0.4, -0.2) is 9.81 Å². The maximum absolute atomic E-state index is 12.7. The Bertz CT molecular complexity index is 542. The molecular formula is C16H22ClNO2. The molecule has 0 N–H and O–H groups in total. The number of aromatic nitrogens is 1. The van der Waals surface area contributed by atoms with Crippen LogP contribution in [0.1, 0.15) is 69.2 Å². The molecule has 3 nitrogen and oxygen atoms in total. The molecule has 110 valence electrons. The molecule has 0 radical (unpaired) electrons. The fourth-order valence-corrected chi connectivity index (χ4v) is 3.22. The molecule has 4 heteroatoms. The zero-order valence-corrected chi connectivity index (χ0v) is 12.9. The van der Waals surface area contributed by atoms with Crippen LogP contribution >= 0.6 is 11.6 Å². The topological polar surface area (TPSA) is 39.1 Å². The first-order valence-corrected chi connectivity index (χ1v) is 7.81. The number of carbonyl (C=O) groups is 1. The van der Waals surface area contributed by atoms with Crippen LogP contribution in [-0.2, 0) is 11.2 Å². The second-order valence-corrected chi connectivity index (χ2v) is 6.36. The molecular weight excluding hydrogens is 274 g/mol. The van der Waals surface area contributed by atoms with Crippen LogP contribution in [0.15, 0.2) is 16.9 Å². The summed E-state index contributed by atoms with van der Waals surface area (Å²) >= 11 is 5.44. The summed E-state index contributed by atoms with van der Waals surface area (Å²) in [6, 6.07) is 4.02. The van der Waals surface area contributed by atoms with E-state index in [1.807, 2.05) is 10.6 Å². The van der Waals surface area contributed by atoms with Gasteiger partial charge in [-0.2, -0.15) is 0 Å². The Morgan fingerprint density at radius 3 is 2.50 bits per heavy atom. The monoisotopic (exact) mass is 295 g/mol. The van der Waals surface area contributed by atoms with E-state index in [0.29, 0.717) is 11.5 Å². The standard InChI is InChI=1S/C16H22ClNO2/c1-11(2)14-9-8-12(10-15(17)19)16(20)18(14)13-6-4-3-5-7-13/h8-9,11,13H,3-7,10H2,1-2H3. The van der Waals surface area contributed by atoms with Gasteiger partial charge in [0.1, 0.15) is 0 Å². The van der Waals surface area contributed by atoms with Crippen molar-refractivity contribution in [1.29, 1.82) is 0 Å². The van der Waals surface area contributed by atoms with Gasteiger partial charge in [-0.25, -0.2) is 0 Å². The predicted molar refractivity (Wildman–Crippen MR) is 81.5 cm³/mol. The van der Waals surface area contributed by atoms with E-state index in [0.717, 1.165) is 18.5 Å². The molecule has 0 saturated heterocycles. The van der Waals surface area contributed by atoms with Gasteiger partial charge in [0.05, 0.1) is 6.42 Å². The Labute approximate surface area is 124 Å². The minimum atomic E-state index is -0.477. The fourth-order valence-electron chi connectivity index (χ4n) is 3.08. The van der Waals surface area contributed by atoms with Gasteiger partial charge in [0, 0.05) is 17.3 Å². The highest BCUT2D eigenvalue weighted by Gasteiger charge is 2.21. The summed E-state index contributed by atoms with van der Waals surface area (Å²) in [6.45, 7) is 4.20. The molecule has 0 amide bonds. The minimum Gasteiger partial charge on any atom is -0.309 e. The largest absolute Gasteiger partial charge is 0.309 e. The third-order valence-electron chi connectivity index (χ3n) is 4.09. The lowest BCUT2D eigenvalue weighted by Gasteiger charge is -2.28. The maximum atomic E-state index is 12.7. The molecule has 0 spiro atoms. The van der Waals surface area contributed by atoms with Crippen molar-refractivity contribution in [2.75, 3.05) is 0 Å². The van der Waals surface area contributed by atoms with Crippen LogP contribution in [0.5, 0.6) is 0 Å². The highest BCUT2D eigenvalue weighted by Crippen LogP contribution is 2.30. The first-order valence-electron chi connectivity index (χ1n) is 7.43. The quantitative estimate of drug-likeness (QED) is 0.793. The molecule has 1 fully saturated rings. The number of rotatable bonds is 4. The molecule has 2 rings (SSSR count). The number of pyridine rings is 1. The summed E-state index contributed by atoms with van der Waals surface area (Å²) < 4.78 is 1.93. The van der Waals surface area contributed by atoms with Crippen LogP contribution in [0.2, 0.25) is 0 Å². The molecule has 1 aromatic rings. The molecule has 1 saturated carbocycles. The summed E-state index contributed by atoms with van der Waals surface area (Å²) in [5, 5.41) is -0.477. The van der Waals surface area contributed by atoms with Crippen molar-refractivity contribution in [2.45, 2.75) is 64.3 Å². The van der Waals surface area contributed by atoms with E-state index in [2.05, 4.69) is 13.8 Å². The van der Waals surface area contributed by atoms with Gasteiger partial charge in [0.2, 0.25) is 5.24 Å². The van der Waals surface area contributed by atoms with Gasteiger partial charge < -0.3 is 4.57 Å². The highest BCUT2D eigenvalue weighted by molar-refractivity contribution is 6.63. The third kappa shape index (κ3) is 3.32. The molecule has 0 aliphatic heterocycles. The molecule has 20 heavy (non-hydrogen) atoms. The van der Waals surface area contributed by atoms with Gasteiger partial charge in [0.15, 0.2) is 0 Å². The maximum Gasteiger partial charge on any atom is 0.254 e. The van der Waals surface area contributed by atoms with E-state index in [1.54, 1.807) is 6.07 Å². The van der Waals surface area contributed by atoms with Crippen LogP contribution in [0, 0.1) is 0 Å². The van der Waals surface area contributed by atoms with E-state index in [4.69, 9.17) is 11.6 Å². The normalized spacial score (nSPS) is 16.6. The van der Waals surface area contributed by atoms with Crippen molar-refractivity contribution in [3.63, 3.8) is 0 Å². The van der Waals surface area contributed by atoms with E-state index in [1.165, 1.54) is 19.3 Å². The average molecular weight is 296 g/mol. The number of nitrogens with zero attached hydrogens (tertiary/aromatic N) is 1. The van der Waals surface area contributed by atoms with Crippen LogP contribution in [0.4, 0.5) is 0 Å². The molecule has 1 aliphatic rings. The van der Waals surface area contributed by atoms with E-state index in [9.17, 15) is 9.59 Å². The van der Waals surface area contributed by atoms with Crippen molar-refractivity contribution in [2.24, 2.45) is 0 Å². The lowest BCUT2D eigenvalue weighted by Crippen LogP contribution is -2.32. The van der Waals surface area contributed by atoms with Crippen LogP contribution in [0.3, 0.4) is 0 Å². The Morgan fingerprint density at radius 1 is 1.30 bits per heavy atom. The van der Waals surface area contributed by atoms with E-state index < -0.39 is 5.24 Å². The van der Waals surface area contributed by atoms with Crippen molar-refractivity contribution in [1.82, 2.24) is 4.57 Å². The molecule has 1 aromatic heterocycles. The van der Waals surface area contributed by atoms with Gasteiger partial charge in [-0.3, -0.25) is 9.59 Å². The predicted octanol–water partition coefficient (Wildman–Crippen LogP) is 3.78. The van der Waals surface area contributed by atoms with Gasteiger partial charge in [-0.15, -0.1) is 0 Å². The number of carbonyl (C=O) groups excluding carboxylic acids is 1. The van der Waals surface area contributed by atoms with Gasteiger partial charge in [0.25, 0.3) is 5.56 Å². The van der Waals surface area contributed by atoms with E-state index >= 15 is 0 Å². The first-order chi connectivity index (χ1) is 9.50. The van der Waals surface area contributed by atoms with Gasteiger partial charge >= 0.3 is 0 Å². The smallest absolute Gasteiger partial charge is 0.254 e. The minimum absolute atomic E-state index is 0.0193. The molecule has 0 atom stereocenters. The van der Waals surface area contributed by atoms with E-state index in [-0.39, 0.29) is 18.0 Å². The number of hydrogen-bond acceptors (Lipinski definition) is 2. The van der Waals surface area contributed by atoms with Gasteiger partial charge in [-0.1, -0.05) is 39.2 Å². The number of hydrogen-bond donors (Lipinski definition) is 0. The molecule has 0 bridgehead atoms. The summed E-state index contributed by atoms with van der Waals surface area (Å²) in [7, 11) is 0. The summed E-state index contributed by atoms with van der Waals surface area (Å²) in [6.07, 6.45) is 5.73. The highest BCUT2D eigenvalue weighted by atomic mass is 35.5. The third-order valence-corrected chi connectivity index (χ3v) is 4.22. The Balaban J connectivity index is 2.48. The Hall–Kier alpha value is -1.09. The van der Waals surface area contributed by atoms with Crippen molar-refractivity contribution < 1.29 is 4.79 Å². The zero-order chi connectivity index (χ0) is 14.7. The molecule has 0 unspecified atom stereocenters. The number of halogens is 1. The Morgan fingerprint density at radius 2 is 1.95 bits per heavy atom. The summed E-state index contributed by atoms with van der Waals surface area (Å²) in [5.74, 6) is 0.297. The first kappa shape index (κ1) is 15.3.